The number of nitrogens with one attached hydrogen (secondary N) is 1. The first-order chi connectivity index (χ1) is 13.7. The van der Waals surface area contributed by atoms with E-state index in [1.807, 2.05) is 23.0 Å². The Morgan fingerprint density at radius 3 is 2.93 bits per heavy atom. The van der Waals surface area contributed by atoms with Crippen LogP contribution in [0.2, 0.25) is 0 Å². The average Bonchev–Trinajstić information content (AvgIpc) is 3.19. The maximum Gasteiger partial charge on any atom is 0.257 e. The van der Waals surface area contributed by atoms with E-state index in [4.69, 9.17) is 9.47 Å². The summed E-state index contributed by atoms with van der Waals surface area (Å²) in [4.78, 5) is 19.3. The van der Waals surface area contributed by atoms with E-state index < -0.39 is 0 Å². The number of carbonyl (C=O) groups excluding carboxylic acids is 1. The van der Waals surface area contributed by atoms with Crippen molar-refractivity contribution in [2.75, 3.05) is 45.3 Å². The van der Waals surface area contributed by atoms with Gasteiger partial charge in [0.1, 0.15) is 5.75 Å². The summed E-state index contributed by atoms with van der Waals surface area (Å²) in [5.41, 5.74) is 0.505. The van der Waals surface area contributed by atoms with E-state index in [-0.39, 0.29) is 5.91 Å². The molecule has 0 radical (unpaired) electrons. The largest absolute Gasteiger partial charge is 0.497 e. The normalized spacial score (nSPS) is 14.9. The highest BCUT2D eigenvalue weighted by atomic mass is 16.5. The fraction of sp³-hybridized carbons (Fsp3) is 0.350. The van der Waals surface area contributed by atoms with Gasteiger partial charge in [-0.3, -0.25) is 19.4 Å². The van der Waals surface area contributed by atoms with Crippen LogP contribution in [0.1, 0.15) is 10.4 Å². The molecule has 4 rings (SSSR count). The lowest BCUT2D eigenvalue weighted by Crippen LogP contribution is -2.38. The van der Waals surface area contributed by atoms with Crippen LogP contribution in [0.3, 0.4) is 0 Å². The molecule has 8 heteroatoms. The van der Waals surface area contributed by atoms with Crippen LogP contribution >= 0.6 is 0 Å². The van der Waals surface area contributed by atoms with Gasteiger partial charge in [-0.1, -0.05) is 0 Å². The SMILES string of the molecule is COc1cc(C(=O)Nc2ccn(CCN3CCOCC3)n2)c2cnccc2c1. The van der Waals surface area contributed by atoms with Crippen molar-refractivity contribution in [3.8, 4) is 5.75 Å². The number of hydrogen-bond acceptors (Lipinski definition) is 6. The van der Waals surface area contributed by atoms with Crippen molar-refractivity contribution in [2.24, 2.45) is 0 Å². The van der Waals surface area contributed by atoms with Gasteiger partial charge in [0.25, 0.3) is 5.91 Å². The number of morpholine rings is 1. The van der Waals surface area contributed by atoms with Gasteiger partial charge in [0.2, 0.25) is 0 Å². The Labute approximate surface area is 163 Å². The molecule has 0 unspecified atom stereocenters. The summed E-state index contributed by atoms with van der Waals surface area (Å²) in [6.07, 6.45) is 5.26. The molecule has 1 saturated heterocycles. The lowest BCUT2D eigenvalue weighted by molar-refractivity contribution is 0.0360. The molecule has 1 fully saturated rings. The number of hydrogen-bond donors (Lipinski definition) is 1. The first-order valence-electron chi connectivity index (χ1n) is 9.29. The molecule has 146 valence electrons. The standard InChI is InChI=1S/C20H23N5O3/c1-27-16-12-15-2-4-21-14-18(15)17(13-16)20(26)22-19-3-5-25(23-19)7-6-24-8-10-28-11-9-24/h2-5,12-14H,6-11H2,1H3,(H,22,23,26). The van der Waals surface area contributed by atoms with Crippen molar-refractivity contribution in [1.29, 1.82) is 0 Å². The molecular formula is C20H23N5O3. The Morgan fingerprint density at radius 2 is 2.11 bits per heavy atom. The first-order valence-corrected chi connectivity index (χ1v) is 9.29. The minimum Gasteiger partial charge on any atom is -0.497 e. The molecule has 1 N–H and O–H groups in total. The van der Waals surface area contributed by atoms with Crippen molar-refractivity contribution in [1.82, 2.24) is 19.7 Å². The zero-order valence-corrected chi connectivity index (χ0v) is 15.8. The molecule has 1 aliphatic heterocycles. The fourth-order valence-electron chi connectivity index (χ4n) is 3.28. The van der Waals surface area contributed by atoms with Gasteiger partial charge in [-0.05, 0) is 23.6 Å². The third kappa shape index (κ3) is 4.13. The van der Waals surface area contributed by atoms with E-state index in [1.54, 1.807) is 31.6 Å². The van der Waals surface area contributed by atoms with Crippen LogP contribution in [0, 0.1) is 0 Å². The summed E-state index contributed by atoms with van der Waals surface area (Å²) in [5.74, 6) is 0.905. The third-order valence-electron chi connectivity index (χ3n) is 4.84. The van der Waals surface area contributed by atoms with E-state index >= 15 is 0 Å². The molecule has 28 heavy (non-hydrogen) atoms. The van der Waals surface area contributed by atoms with E-state index in [0.29, 0.717) is 17.1 Å². The van der Waals surface area contributed by atoms with Gasteiger partial charge in [0.05, 0.1) is 32.4 Å². The second-order valence-electron chi connectivity index (χ2n) is 6.64. The highest BCUT2D eigenvalue weighted by molar-refractivity contribution is 6.12. The highest BCUT2D eigenvalue weighted by Gasteiger charge is 2.15. The second-order valence-corrected chi connectivity index (χ2v) is 6.64. The van der Waals surface area contributed by atoms with Crippen LogP contribution in [0.25, 0.3) is 10.8 Å². The molecule has 0 spiro atoms. The number of methoxy groups -OCH3 is 1. The highest BCUT2D eigenvalue weighted by Crippen LogP contribution is 2.25. The minimum atomic E-state index is -0.240. The summed E-state index contributed by atoms with van der Waals surface area (Å²) in [6.45, 7) is 5.13. The maximum atomic E-state index is 12.8. The number of ether oxygens (including phenoxy) is 2. The molecule has 8 nitrogen and oxygen atoms in total. The van der Waals surface area contributed by atoms with Crippen LogP contribution in [0.4, 0.5) is 5.82 Å². The molecule has 0 atom stereocenters. The molecule has 1 aromatic carbocycles. The predicted molar refractivity (Wildman–Crippen MR) is 106 cm³/mol. The van der Waals surface area contributed by atoms with Crippen LogP contribution in [0.5, 0.6) is 5.75 Å². The summed E-state index contributed by atoms with van der Waals surface area (Å²) in [5, 5.41) is 9.00. The number of nitrogens with zero attached hydrogens (tertiary/aromatic N) is 4. The third-order valence-corrected chi connectivity index (χ3v) is 4.84. The summed E-state index contributed by atoms with van der Waals surface area (Å²) < 4.78 is 12.5. The number of pyridine rings is 1. The Bertz CT molecular complexity index is 965. The number of aromatic nitrogens is 3. The van der Waals surface area contributed by atoms with Gasteiger partial charge in [-0.15, -0.1) is 0 Å². The number of benzene rings is 1. The average molecular weight is 381 g/mol. The summed E-state index contributed by atoms with van der Waals surface area (Å²) in [7, 11) is 1.58. The Hall–Kier alpha value is -2.97. The molecule has 1 amide bonds. The number of anilines is 1. The zero-order valence-electron chi connectivity index (χ0n) is 15.8. The van der Waals surface area contributed by atoms with Gasteiger partial charge < -0.3 is 14.8 Å². The zero-order chi connectivity index (χ0) is 19.3. The van der Waals surface area contributed by atoms with Crippen molar-refractivity contribution in [3.05, 3.63) is 48.4 Å². The molecular weight excluding hydrogens is 358 g/mol. The number of carbonyl (C=O) groups is 1. The van der Waals surface area contributed by atoms with Crippen LogP contribution < -0.4 is 10.1 Å². The van der Waals surface area contributed by atoms with Crippen LogP contribution in [0.15, 0.2) is 42.9 Å². The van der Waals surface area contributed by atoms with Crippen molar-refractivity contribution < 1.29 is 14.3 Å². The van der Waals surface area contributed by atoms with Crippen molar-refractivity contribution in [3.63, 3.8) is 0 Å². The van der Waals surface area contributed by atoms with E-state index in [9.17, 15) is 4.79 Å². The van der Waals surface area contributed by atoms with Crippen molar-refractivity contribution in [2.45, 2.75) is 6.54 Å². The fourth-order valence-corrected chi connectivity index (χ4v) is 3.28. The van der Waals surface area contributed by atoms with Crippen LogP contribution in [-0.4, -0.2) is 65.5 Å². The molecule has 3 heterocycles. The monoisotopic (exact) mass is 381 g/mol. The Kier molecular flexibility index (Phi) is 5.50. The maximum absolute atomic E-state index is 12.8. The smallest absolute Gasteiger partial charge is 0.257 e. The van der Waals surface area contributed by atoms with Crippen LogP contribution in [-0.2, 0) is 11.3 Å². The lowest BCUT2D eigenvalue weighted by atomic mass is 10.1. The van der Waals surface area contributed by atoms with Gasteiger partial charge in [0, 0.05) is 49.7 Å². The quantitative estimate of drug-likeness (QED) is 0.704. The van der Waals surface area contributed by atoms with E-state index in [0.717, 1.165) is 50.2 Å². The Balaban J connectivity index is 1.45. The van der Waals surface area contributed by atoms with Gasteiger partial charge >= 0.3 is 0 Å². The van der Waals surface area contributed by atoms with E-state index in [2.05, 4.69) is 20.3 Å². The Morgan fingerprint density at radius 1 is 1.25 bits per heavy atom. The van der Waals surface area contributed by atoms with Gasteiger partial charge in [-0.25, -0.2) is 0 Å². The first kappa shape index (κ1) is 18.4. The molecule has 2 aromatic heterocycles. The number of rotatable bonds is 6. The second kappa shape index (κ2) is 8.37. The summed E-state index contributed by atoms with van der Waals surface area (Å²) >= 11 is 0. The predicted octanol–water partition coefficient (Wildman–Crippen LogP) is 2.02. The van der Waals surface area contributed by atoms with Crippen molar-refractivity contribution >= 4 is 22.5 Å². The molecule has 3 aromatic rings. The minimum absolute atomic E-state index is 0.240. The lowest BCUT2D eigenvalue weighted by Gasteiger charge is -2.26. The molecule has 0 saturated carbocycles. The molecule has 0 aliphatic carbocycles. The van der Waals surface area contributed by atoms with Gasteiger partial charge in [0.15, 0.2) is 5.82 Å². The van der Waals surface area contributed by atoms with Gasteiger partial charge in [-0.2, -0.15) is 5.10 Å². The molecule has 0 bridgehead atoms. The number of amides is 1. The summed E-state index contributed by atoms with van der Waals surface area (Å²) in [6, 6.07) is 7.26. The number of fused-ring (bicyclic) bond motifs is 1. The molecule has 1 aliphatic rings. The topological polar surface area (TPSA) is 81.5 Å². The van der Waals surface area contributed by atoms with E-state index in [1.165, 1.54) is 0 Å².